The van der Waals surface area contributed by atoms with Gasteiger partial charge in [-0.1, -0.05) is 0 Å². The van der Waals surface area contributed by atoms with Crippen molar-refractivity contribution in [2.45, 2.75) is 12.5 Å². The highest BCUT2D eigenvalue weighted by Crippen LogP contribution is 2.04. The second-order valence-corrected chi connectivity index (χ2v) is 3.61. The van der Waals surface area contributed by atoms with E-state index in [1.807, 2.05) is 0 Å². The van der Waals surface area contributed by atoms with E-state index in [9.17, 15) is 9.90 Å². The zero-order valence-electron chi connectivity index (χ0n) is 10.4. The van der Waals surface area contributed by atoms with Gasteiger partial charge in [0.25, 0.3) is 0 Å². The third-order valence-electron chi connectivity index (χ3n) is 2.17. The van der Waals surface area contributed by atoms with Gasteiger partial charge in [0.05, 0.1) is 32.2 Å². The van der Waals surface area contributed by atoms with Crippen molar-refractivity contribution in [1.82, 2.24) is 9.97 Å². The van der Waals surface area contributed by atoms with E-state index < -0.39 is 12.1 Å². The minimum absolute atomic E-state index is 0.139. The first-order chi connectivity index (χ1) is 8.67. The number of hydrogen-bond donors (Lipinski definition) is 2. The fraction of sp³-hybridized carbons (Fsp3) is 0.545. The van der Waals surface area contributed by atoms with Gasteiger partial charge in [0.1, 0.15) is 5.82 Å². The van der Waals surface area contributed by atoms with Gasteiger partial charge in [-0.15, -0.1) is 0 Å². The summed E-state index contributed by atoms with van der Waals surface area (Å²) in [6.07, 6.45) is 2.81. The molecule has 0 aliphatic rings. The number of esters is 1. The number of rotatable bonds is 7. The summed E-state index contributed by atoms with van der Waals surface area (Å²) in [6.45, 7) is 0.791. The van der Waals surface area contributed by atoms with Crippen molar-refractivity contribution < 1.29 is 19.4 Å². The predicted molar refractivity (Wildman–Crippen MR) is 64.4 cm³/mol. The fourth-order valence-electron chi connectivity index (χ4n) is 1.30. The van der Waals surface area contributed by atoms with E-state index in [2.05, 4.69) is 20.0 Å². The zero-order valence-corrected chi connectivity index (χ0v) is 10.4. The van der Waals surface area contributed by atoms with E-state index in [4.69, 9.17) is 4.74 Å². The molecular formula is C11H17N3O4. The van der Waals surface area contributed by atoms with Crippen LogP contribution in [0.1, 0.15) is 16.9 Å². The van der Waals surface area contributed by atoms with Crippen LogP contribution in [0, 0.1) is 0 Å². The highest BCUT2D eigenvalue weighted by atomic mass is 16.5. The van der Waals surface area contributed by atoms with E-state index >= 15 is 0 Å². The van der Waals surface area contributed by atoms with Crippen LogP contribution in [0.2, 0.25) is 0 Å². The number of carbonyl (C=O) groups is 1. The number of hydrogen-bond acceptors (Lipinski definition) is 7. The lowest BCUT2D eigenvalue weighted by molar-refractivity contribution is 0.0592. The highest BCUT2D eigenvalue weighted by molar-refractivity contribution is 5.87. The number of ether oxygens (including phenoxy) is 2. The molecule has 1 heterocycles. The molecule has 1 atom stereocenters. The van der Waals surface area contributed by atoms with Crippen molar-refractivity contribution in [1.29, 1.82) is 0 Å². The van der Waals surface area contributed by atoms with Gasteiger partial charge in [0.2, 0.25) is 0 Å². The number of aliphatic hydroxyl groups excluding tert-OH is 1. The van der Waals surface area contributed by atoms with Gasteiger partial charge in [0, 0.05) is 13.7 Å². The lowest BCUT2D eigenvalue weighted by atomic mass is 10.2. The van der Waals surface area contributed by atoms with E-state index in [1.165, 1.54) is 26.6 Å². The molecule has 0 fully saturated rings. The lowest BCUT2D eigenvalue weighted by Gasteiger charge is -2.10. The Kier molecular flexibility index (Phi) is 6.03. The molecular weight excluding hydrogens is 238 g/mol. The Bertz CT molecular complexity index is 386. The first kappa shape index (κ1) is 14.3. The summed E-state index contributed by atoms with van der Waals surface area (Å²) in [5, 5.41) is 12.4. The molecule has 0 amide bonds. The lowest BCUT2D eigenvalue weighted by Crippen LogP contribution is -2.19. The third-order valence-corrected chi connectivity index (χ3v) is 2.17. The number of nitrogens with one attached hydrogen (secondary N) is 1. The molecule has 1 aromatic rings. The molecule has 0 aromatic carbocycles. The molecule has 0 aliphatic heterocycles. The molecule has 0 saturated carbocycles. The standard InChI is InChI=1S/C11H17N3O4/c1-17-7-8(15)3-4-13-10-6-12-5-9(14-10)11(16)18-2/h5-6,8,15H,3-4,7H2,1-2H3,(H,13,14). The van der Waals surface area contributed by atoms with E-state index in [1.54, 1.807) is 0 Å². The van der Waals surface area contributed by atoms with Gasteiger partial charge < -0.3 is 19.9 Å². The van der Waals surface area contributed by atoms with Gasteiger partial charge >= 0.3 is 5.97 Å². The molecule has 0 radical (unpaired) electrons. The van der Waals surface area contributed by atoms with Crippen molar-refractivity contribution in [3.8, 4) is 0 Å². The first-order valence-electron chi connectivity index (χ1n) is 5.48. The molecule has 0 spiro atoms. The Hall–Kier alpha value is -1.73. The molecule has 0 bridgehead atoms. The molecule has 2 N–H and O–H groups in total. The van der Waals surface area contributed by atoms with Crippen LogP contribution in [0.3, 0.4) is 0 Å². The summed E-state index contributed by atoms with van der Waals surface area (Å²) in [5.41, 5.74) is 0.139. The van der Waals surface area contributed by atoms with E-state index in [0.29, 0.717) is 18.8 Å². The highest BCUT2D eigenvalue weighted by Gasteiger charge is 2.08. The second kappa shape index (κ2) is 7.57. The molecule has 1 rings (SSSR count). The van der Waals surface area contributed by atoms with Crippen LogP contribution in [0.25, 0.3) is 0 Å². The minimum Gasteiger partial charge on any atom is -0.464 e. The molecule has 1 aromatic heterocycles. The summed E-state index contributed by atoms with van der Waals surface area (Å²) in [7, 11) is 2.81. The van der Waals surface area contributed by atoms with E-state index in [-0.39, 0.29) is 12.3 Å². The molecule has 0 aliphatic carbocycles. The minimum atomic E-state index is -0.537. The molecule has 100 valence electrons. The Balaban J connectivity index is 2.45. The maximum Gasteiger partial charge on any atom is 0.358 e. The summed E-state index contributed by atoms with van der Waals surface area (Å²) >= 11 is 0. The van der Waals surface area contributed by atoms with Crippen molar-refractivity contribution in [3.63, 3.8) is 0 Å². The van der Waals surface area contributed by atoms with Gasteiger partial charge in [-0.05, 0) is 6.42 Å². The van der Waals surface area contributed by atoms with Crippen molar-refractivity contribution in [2.75, 3.05) is 32.7 Å². The quantitative estimate of drug-likeness (QED) is 0.666. The van der Waals surface area contributed by atoms with Crippen molar-refractivity contribution in [2.24, 2.45) is 0 Å². The molecule has 0 saturated heterocycles. The monoisotopic (exact) mass is 255 g/mol. The van der Waals surface area contributed by atoms with Crippen LogP contribution in [0.4, 0.5) is 5.82 Å². The van der Waals surface area contributed by atoms with Crippen LogP contribution >= 0.6 is 0 Å². The number of methoxy groups -OCH3 is 2. The van der Waals surface area contributed by atoms with Gasteiger partial charge in [-0.3, -0.25) is 4.98 Å². The number of nitrogens with zero attached hydrogens (tertiary/aromatic N) is 2. The maximum absolute atomic E-state index is 11.2. The number of carbonyl (C=O) groups excluding carboxylic acids is 1. The number of anilines is 1. The Morgan fingerprint density at radius 1 is 1.50 bits per heavy atom. The first-order valence-corrected chi connectivity index (χ1v) is 5.48. The molecule has 1 unspecified atom stereocenters. The number of aromatic nitrogens is 2. The summed E-state index contributed by atoms with van der Waals surface area (Å²) in [6, 6.07) is 0. The summed E-state index contributed by atoms with van der Waals surface area (Å²) in [5.74, 6) is -0.0758. The predicted octanol–water partition coefficient (Wildman–Crippen LogP) is 0.0725. The van der Waals surface area contributed by atoms with E-state index in [0.717, 1.165) is 0 Å². The summed E-state index contributed by atoms with van der Waals surface area (Å²) in [4.78, 5) is 19.1. The molecule has 7 nitrogen and oxygen atoms in total. The van der Waals surface area contributed by atoms with Crippen LogP contribution in [0.5, 0.6) is 0 Å². The van der Waals surface area contributed by atoms with Crippen LogP contribution in [-0.4, -0.2) is 54.5 Å². The normalized spacial score (nSPS) is 11.9. The Morgan fingerprint density at radius 3 is 2.94 bits per heavy atom. The van der Waals surface area contributed by atoms with Crippen LogP contribution < -0.4 is 5.32 Å². The van der Waals surface area contributed by atoms with Crippen LogP contribution in [-0.2, 0) is 9.47 Å². The summed E-state index contributed by atoms with van der Waals surface area (Å²) < 4.78 is 9.34. The second-order valence-electron chi connectivity index (χ2n) is 3.61. The Labute approximate surface area is 105 Å². The average Bonchev–Trinajstić information content (AvgIpc) is 2.38. The molecule has 18 heavy (non-hydrogen) atoms. The average molecular weight is 255 g/mol. The molecule has 7 heteroatoms. The smallest absolute Gasteiger partial charge is 0.358 e. The van der Waals surface area contributed by atoms with Crippen LogP contribution in [0.15, 0.2) is 12.4 Å². The SMILES string of the molecule is COCC(O)CCNc1cncc(C(=O)OC)n1. The third kappa shape index (κ3) is 4.64. The maximum atomic E-state index is 11.2. The van der Waals surface area contributed by atoms with Crippen molar-refractivity contribution >= 4 is 11.8 Å². The Morgan fingerprint density at radius 2 is 2.28 bits per heavy atom. The topological polar surface area (TPSA) is 93.6 Å². The van der Waals surface area contributed by atoms with Crippen molar-refractivity contribution in [3.05, 3.63) is 18.1 Å². The van der Waals surface area contributed by atoms with Gasteiger partial charge in [-0.25, -0.2) is 9.78 Å². The van der Waals surface area contributed by atoms with Gasteiger partial charge in [-0.2, -0.15) is 0 Å². The van der Waals surface area contributed by atoms with Gasteiger partial charge in [0.15, 0.2) is 5.69 Å². The largest absolute Gasteiger partial charge is 0.464 e. The fourth-order valence-corrected chi connectivity index (χ4v) is 1.30. The number of aliphatic hydroxyl groups is 1. The zero-order chi connectivity index (χ0) is 13.4.